The summed E-state index contributed by atoms with van der Waals surface area (Å²) in [4.78, 5) is 8.93. The summed E-state index contributed by atoms with van der Waals surface area (Å²) < 4.78 is 352. The van der Waals surface area contributed by atoms with Crippen LogP contribution in [0.4, 0.5) is 105 Å². The molecule has 2 heterocycles. The summed E-state index contributed by atoms with van der Waals surface area (Å²) in [5.41, 5.74) is -30.5. The van der Waals surface area contributed by atoms with Crippen molar-refractivity contribution < 1.29 is 135 Å². The number of nitriles is 1. The zero-order valence-electron chi connectivity index (χ0n) is 39.6. The van der Waals surface area contributed by atoms with Crippen LogP contribution in [0.15, 0.2) is 82.8 Å². The van der Waals surface area contributed by atoms with E-state index in [9.17, 15) is 105 Å². The van der Waals surface area contributed by atoms with E-state index in [0.717, 1.165) is 11.8 Å². The van der Waals surface area contributed by atoms with Crippen molar-refractivity contribution in [2.45, 2.75) is 96.1 Å². The van der Waals surface area contributed by atoms with E-state index in [2.05, 4.69) is 9.98 Å². The van der Waals surface area contributed by atoms with Crippen molar-refractivity contribution in [1.82, 2.24) is 0 Å². The molecule has 0 aliphatic carbocycles. The maximum Gasteiger partial charge on any atom is 2.00 e. The van der Waals surface area contributed by atoms with Gasteiger partial charge in [-0.3, -0.25) is 0 Å². The molecule has 77 heavy (non-hydrogen) atoms. The summed E-state index contributed by atoms with van der Waals surface area (Å²) in [6.45, 7) is 10.9. The maximum atomic E-state index is 14.2. The Morgan fingerprint density at radius 2 is 0.558 bits per heavy atom. The Morgan fingerprint density at radius 3 is 0.675 bits per heavy atom. The molecule has 0 aromatic heterocycles. The minimum absolute atomic E-state index is 0. The fraction of sp³-hybridized carbons (Fsp3) is 0.391. The summed E-state index contributed by atoms with van der Waals surface area (Å²) in [5, 5.41) is 7.32. The molecular formula is C46H36BF24N3O2Pd. The van der Waals surface area contributed by atoms with Gasteiger partial charge in [0.15, 0.2) is 11.8 Å². The number of benzene rings is 4. The van der Waals surface area contributed by atoms with Gasteiger partial charge in [0.05, 0.1) is 62.7 Å². The predicted molar refractivity (Wildman–Crippen MR) is 227 cm³/mol. The topological polar surface area (TPSA) is 67.0 Å². The first-order chi connectivity index (χ1) is 33.7. The summed E-state index contributed by atoms with van der Waals surface area (Å²) in [7, 11) is 0. The Morgan fingerprint density at radius 1 is 0.403 bits per heavy atom. The fourth-order valence-corrected chi connectivity index (χ4v) is 7.79. The second kappa shape index (κ2) is 23.0. The molecule has 31 heteroatoms. The van der Waals surface area contributed by atoms with Gasteiger partial charge in [-0.25, -0.2) is 9.98 Å². The minimum Gasteiger partial charge on any atom is -0.478 e. The van der Waals surface area contributed by atoms with Crippen LogP contribution in [0.3, 0.4) is 0 Å². The molecule has 4 aromatic rings. The number of hydrogen-bond acceptors (Lipinski definition) is 5. The van der Waals surface area contributed by atoms with Gasteiger partial charge >= 0.3 is 69.8 Å². The van der Waals surface area contributed by atoms with Gasteiger partial charge in [-0.15, -0.1) is 0 Å². The number of halogens is 24. The average molecular weight is 1240 g/mol. The van der Waals surface area contributed by atoms with Gasteiger partial charge in [-0.05, 0) is 52.0 Å². The molecule has 0 N–H and O–H groups in total. The van der Waals surface area contributed by atoms with Gasteiger partial charge < -0.3 is 16.9 Å². The number of alkyl halides is 24. The van der Waals surface area contributed by atoms with Crippen LogP contribution >= 0.6 is 0 Å². The van der Waals surface area contributed by atoms with Gasteiger partial charge in [0.25, 0.3) is 0 Å². The normalized spacial score (nSPS) is 16.7. The average Bonchev–Trinajstić information content (AvgIpc) is 3.90. The standard InChI is InChI=1S/C32H12BF24.C11H18N2O2.C2H3N.CH3.Pd/c34-25(35,36)13-1-14(26(37,38)39)6-21(5-13)33(22-7-15(27(40,41)42)2-16(8-22)28(43,44)45,23-9-17(29(46,47)48)3-18(10-23)30(49,50)51)24-11-19(31(52,53)54)4-20(12-24)32(55,56)57;1-7-5-14-9(12-7)11(3,4)10-13-8(2)6-15-10;1-2-3;;/h1-12H;7-8H,5-6H2,1-4H3;1H3;1H3;/q-1;;;-1;+2/t;7-,8-;;;/m.1.../s1. The predicted octanol–water partition coefficient (Wildman–Crippen LogP) is 13.8. The van der Waals surface area contributed by atoms with Gasteiger partial charge in [0.2, 0.25) is 0 Å². The van der Waals surface area contributed by atoms with Gasteiger partial charge in [0, 0.05) is 6.92 Å². The molecule has 4 aromatic carbocycles. The van der Waals surface area contributed by atoms with Gasteiger partial charge in [-0.1, -0.05) is 48.5 Å². The van der Waals surface area contributed by atoms with E-state index in [-0.39, 0.29) is 45.3 Å². The third-order valence-electron chi connectivity index (χ3n) is 11.1. The quantitative estimate of drug-likeness (QED) is 0.110. The molecule has 0 radical (unpaired) electrons. The van der Waals surface area contributed by atoms with Crippen molar-refractivity contribution in [2.75, 3.05) is 13.2 Å². The van der Waals surface area contributed by atoms with E-state index >= 15 is 0 Å². The third kappa shape index (κ3) is 15.8. The smallest absolute Gasteiger partial charge is 0.478 e. The van der Waals surface area contributed by atoms with Crippen molar-refractivity contribution >= 4 is 39.8 Å². The summed E-state index contributed by atoms with van der Waals surface area (Å²) in [6, 6.07) is -6.56. The fourth-order valence-electron chi connectivity index (χ4n) is 7.79. The summed E-state index contributed by atoms with van der Waals surface area (Å²) >= 11 is 0. The Kier molecular flexibility index (Phi) is 20.1. The van der Waals surface area contributed by atoms with Gasteiger partial charge in [-0.2, -0.15) is 132 Å². The number of nitrogens with zero attached hydrogens (tertiary/aromatic N) is 3. The molecule has 0 saturated heterocycles. The first-order valence-corrected chi connectivity index (χ1v) is 20.8. The van der Waals surface area contributed by atoms with Crippen LogP contribution in [-0.4, -0.2) is 43.2 Å². The molecular weight excluding hydrogens is 1200 g/mol. The number of ether oxygens (including phenoxy) is 2. The van der Waals surface area contributed by atoms with Crippen molar-refractivity contribution in [3.8, 4) is 6.07 Å². The number of hydrogen-bond donors (Lipinski definition) is 0. The van der Waals surface area contributed by atoms with E-state index < -0.39 is 195 Å². The molecule has 428 valence electrons. The second-order valence-electron chi connectivity index (χ2n) is 17.3. The van der Waals surface area contributed by atoms with Crippen molar-refractivity contribution in [3.63, 3.8) is 0 Å². The Bertz CT molecular complexity index is 2360. The number of aliphatic imine (C=N–C) groups is 2. The molecule has 0 fully saturated rings. The summed E-state index contributed by atoms with van der Waals surface area (Å²) in [6.07, 6.45) is -54.8. The van der Waals surface area contributed by atoms with E-state index in [1.807, 2.05) is 27.7 Å². The molecule has 0 bridgehead atoms. The van der Waals surface area contributed by atoms with Crippen LogP contribution in [0.25, 0.3) is 0 Å². The zero-order chi connectivity index (χ0) is 57.7. The van der Waals surface area contributed by atoms with Crippen LogP contribution in [0.5, 0.6) is 0 Å². The maximum absolute atomic E-state index is 14.2. The van der Waals surface area contributed by atoms with Crippen LogP contribution in [-0.2, 0) is 79.3 Å². The Labute approximate surface area is 434 Å². The molecule has 0 unspecified atom stereocenters. The monoisotopic (exact) mass is 1240 g/mol. The van der Waals surface area contributed by atoms with Crippen LogP contribution in [0.1, 0.15) is 79.1 Å². The summed E-state index contributed by atoms with van der Waals surface area (Å²) in [5.74, 6) is 1.51. The van der Waals surface area contributed by atoms with E-state index in [1.54, 1.807) is 6.07 Å². The zero-order valence-corrected chi connectivity index (χ0v) is 41.2. The second-order valence-corrected chi connectivity index (χ2v) is 17.3. The molecule has 0 amide bonds. The van der Waals surface area contributed by atoms with E-state index in [4.69, 9.17) is 14.7 Å². The van der Waals surface area contributed by atoms with Crippen LogP contribution in [0, 0.1) is 24.2 Å². The molecule has 2 aliphatic heterocycles. The van der Waals surface area contributed by atoms with Crippen LogP contribution < -0.4 is 21.9 Å². The van der Waals surface area contributed by atoms with Crippen molar-refractivity contribution in [2.24, 2.45) is 15.4 Å². The first-order valence-electron chi connectivity index (χ1n) is 20.8. The Hall–Kier alpha value is -5.64. The SMILES string of the molecule is CC#N.C[C@@H]1COC(C(C)(C)C2=N[C@H](C)CO2)=N1.FC(F)(F)c1cc([B-](c2cc(C(F)(F)F)cc(C(F)(F)F)c2)(c2cc(C(F)(F)F)cc(C(F)(F)F)c2)c2cc(C(F)(F)F)cc(C(F)(F)F)c2)cc(C(F)(F)F)c1.[CH3-].[Pd+2]. The van der Waals surface area contributed by atoms with Crippen LogP contribution in [0.2, 0.25) is 0 Å². The molecule has 2 atom stereocenters. The molecule has 0 spiro atoms. The van der Waals surface area contributed by atoms with Gasteiger partial charge in [0.1, 0.15) is 24.8 Å². The number of rotatable bonds is 6. The molecule has 6 rings (SSSR count). The molecule has 5 nitrogen and oxygen atoms in total. The van der Waals surface area contributed by atoms with Crippen molar-refractivity contribution in [3.05, 3.63) is 125 Å². The third-order valence-corrected chi connectivity index (χ3v) is 11.1. The van der Waals surface area contributed by atoms with E-state index in [0.29, 0.717) is 13.2 Å². The van der Waals surface area contributed by atoms with E-state index in [1.165, 1.54) is 6.92 Å². The molecule has 0 saturated carbocycles. The minimum atomic E-state index is -6.13. The first kappa shape index (κ1) is 67.5. The molecule has 2 aliphatic rings. The largest absolute Gasteiger partial charge is 2.00 e. The van der Waals surface area contributed by atoms with Crippen molar-refractivity contribution in [1.29, 1.82) is 5.26 Å². The Balaban J connectivity index is 0.000000854.